The lowest BCUT2D eigenvalue weighted by atomic mass is 10.1. The van der Waals surface area contributed by atoms with Crippen molar-refractivity contribution < 1.29 is 14.3 Å². The molecule has 0 aliphatic rings. The van der Waals surface area contributed by atoms with Crippen molar-refractivity contribution in [1.29, 1.82) is 0 Å². The topological polar surface area (TPSA) is 61.5 Å². The number of hydrogen-bond donors (Lipinski definition) is 1. The van der Waals surface area contributed by atoms with E-state index in [0.29, 0.717) is 23.6 Å². The Morgan fingerprint density at radius 3 is 2.52 bits per heavy atom. The number of carbonyl (C=O) groups is 1. The molecule has 2 aromatic rings. The molecule has 4 nitrogen and oxygen atoms in total. The van der Waals surface area contributed by atoms with Gasteiger partial charge in [0.25, 0.3) is 0 Å². The Morgan fingerprint density at radius 1 is 1.10 bits per heavy atom. The number of esters is 1. The fourth-order valence-corrected chi connectivity index (χ4v) is 2.00. The number of rotatable bonds is 4. The average molecular weight is 285 g/mol. The van der Waals surface area contributed by atoms with Crippen molar-refractivity contribution in [3.63, 3.8) is 0 Å². The molecule has 0 bridgehead atoms. The molecule has 0 radical (unpaired) electrons. The summed E-state index contributed by atoms with van der Waals surface area (Å²) in [4.78, 5) is 11.7. The Morgan fingerprint density at radius 2 is 1.86 bits per heavy atom. The van der Waals surface area contributed by atoms with Crippen LogP contribution in [0.4, 0.5) is 5.69 Å². The van der Waals surface area contributed by atoms with Crippen molar-refractivity contribution in [2.45, 2.75) is 20.5 Å². The number of methoxy groups -OCH3 is 1. The maximum atomic E-state index is 11.7. The van der Waals surface area contributed by atoms with Gasteiger partial charge in [-0.25, -0.2) is 4.79 Å². The van der Waals surface area contributed by atoms with Crippen LogP contribution in [0, 0.1) is 13.8 Å². The third kappa shape index (κ3) is 3.54. The van der Waals surface area contributed by atoms with Gasteiger partial charge in [-0.15, -0.1) is 0 Å². The van der Waals surface area contributed by atoms with Gasteiger partial charge in [0.2, 0.25) is 0 Å². The SMILES string of the molecule is COC(=O)c1cc(N)ccc1OCc1ccc(C)c(C)c1. The van der Waals surface area contributed by atoms with Crippen LogP contribution in [0.1, 0.15) is 27.0 Å². The second kappa shape index (κ2) is 6.31. The number of ether oxygens (including phenoxy) is 2. The maximum absolute atomic E-state index is 11.7. The number of aryl methyl sites for hydroxylation is 2. The Labute approximate surface area is 124 Å². The molecule has 0 amide bonds. The predicted molar refractivity (Wildman–Crippen MR) is 82.4 cm³/mol. The van der Waals surface area contributed by atoms with Crippen molar-refractivity contribution in [2.75, 3.05) is 12.8 Å². The first kappa shape index (κ1) is 14.9. The van der Waals surface area contributed by atoms with Crippen LogP contribution in [0.3, 0.4) is 0 Å². The van der Waals surface area contributed by atoms with Gasteiger partial charge in [0, 0.05) is 5.69 Å². The second-order valence-corrected chi connectivity index (χ2v) is 4.95. The van der Waals surface area contributed by atoms with Crippen LogP contribution < -0.4 is 10.5 Å². The zero-order valence-electron chi connectivity index (χ0n) is 12.5. The van der Waals surface area contributed by atoms with Crippen LogP contribution in [0.5, 0.6) is 5.75 Å². The van der Waals surface area contributed by atoms with Crippen molar-refractivity contribution in [3.05, 3.63) is 58.7 Å². The summed E-state index contributed by atoms with van der Waals surface area (Å²) in [6.45, 7) is 4.51. The highest BCUT2D eigenvalue weighted by Crippen LogP contribution is 2.23. The van der Waals surface area contributed by atoms with E-state index < -0.39 is 5.97 Å². The molecule has 2 N–H and O–H groups in total. The van der Waals surface area contributed by atoms with Crippen LogP contribution in [-0.2, 0) is 11.3 Å². The zero-order valence-corrected chi connectivity index (χ0v) is 12.5. The summed E-state index contributed by atoms with van der Waals surface area (Å²) in [7, 11) is 1.33. The van der Waals surface area contributed by atoms with Crippen molar-refractivity contribution in [2.24, 2.45) is 0 Å². The van der Waals surface area contributed by atoms with Crippen LogP contribution in [-0.4, -0.2) is 13.1 Å². The minimum atomic E-state index is -0.461. The first-order valence-electron chi connectivity index (χ1n) is 6.68. The number of nitrogen functional groups attached to an aromatic ring is 1. The summed E-state index contributed by atoms with van der Waals surface area (Å²) in [5.41, 5.74) is 10.0. The van der Waals surface area contributed by atoms with Crippen molar-refractivity contribution >= 4 is 11.7 Å². The van der Waals surface area contributed by atoms with Crippen LogP contribution in [0.15, 0.2) is 36.4 Å². The number of carbonyl (C=O) groups excluding carboxylic acids is 1. The minimum absolute atomic E-state index is 0.335. The standard InChI is InChI=1S/C17H19NO3/c1-11-4-5-13(8-12(11)2)10-21-16-7-6-14(18)9-15(16)17(19)20-3/h4-9H,10,18H2,1-3H3. The molecule has 0 saturated carbocycles. The molecule has 0 aliphatic heterocycles. The monoisotopic (exact) mass is 285 g/mol. The summed E-state index contributed by atoms with van der Waals surface area (Å²) >= 11 is 0. The highest BCUT2D eigenvalue weighted by molar-refractivity contribution is 5.93. The molecule has 4 heteroatoms. The largest absolute Gasteiger partial charge is 0.488 e. The smallest absolute Gasteiger partial charge is 0.341 e. The van der Waals surface area contributed by atoms with Gasteiger partial charge in [-0.05, 0) is 48.7 Å². The van der Waals surface area contributed by atoms with E-state index in [-0.39, 0.29) is 0 Å². The molecule has 0 unspecified atom stereocenters. The molecule has 2 rings (SSSR count). The number of hydrogen-bond acceptors (Lipinski definition) is 4. The lowest BCUT2D eigenvalue weighted by Crippen LogP contribution is -2.07. The molecule has 21 heavy (non-hydrogen) atoms. The first-order valence-corrected chi connectivity index (χ1v) is 6.68. The Balaban J connectivity index is 2.19. The van der Waals surface area contributed by atoms with Crippen molar-refractivity contribution in [3.8, 4) is 5.75 Å². The highest BCUT2D eigenvalue weighted by atomic mass is 16.5. The zero-order chi connectivity index (χ0) is 15.4. The first-order chi connectivity index (χ1) is 10.0. The van der Waals surface area contributed by atoms with E-state index >= 15 is 0 Å². The summed E-state index contributed by atoms with van der Waals surface area (Å²) < 4.78 is 10.5. The highest BCUT2D eigenvalue weighted by Gasteiger charge is 2.13. The molecule has 2 aromatic carbocycles. The predicted octanol–water partition coefficient (Wildman–Crippen LogP) is 3.25. The summed E-state index contributed by atoms with van der Waals surface area (Å²) in [5.74, 6) is 0.00617. The molecule has 110 valence electrons. The van der Waals surface area contributed by atoms with E-state index in [1.807, 2.05) is 6.07 Å². The van der Waals surface area contributed by atoms with Gasteiger partial charge >= 0.3 is 5.97 Å². The summed E-state index contributed by atoms with van der Waals surface area (Å²) in [6.07, 6.45) is 0. The van der Waals surface area contributed by atoms with Crippen molar-refractivity contribution in [1.82, 2.24) is 0 Å². The molecule has 0 heterocycles. The van der Waals surface area contributed by atoms with E-state index in [0.717, 1.165) is 5.56 Å². The van der Waals surface area contributed by atoms with E-state index in [1.165, 1.54) is 18.2 Å². The third-order valence-corrected chi connectivity index (χ3v) is 3.37. The normalized spacial score (nSPS) is 10.2. The fourth-order valence-electron chi connectivity index (χ4n) is 2.00. The molecule has 0 aliphatic carbocycles. The second-order valence-electron chi connectivity index (χ2n) is 4.95. The van der Waals surface area contributed by atoms with Crippen LogP contribution >= 0.6 is 0 Å². The van der Waals surface area contributed by atoms with Crippen LogP contribution in [0.2, 0.25) is 0 Å². The average Bonchev–Trinajstić information content (AvgIpc) is 2.48. The fraction of sp³-hybridized carbons (Fsp3) is 0.235. The minimum Gasteiger partial charge on any atom is -0.488 e. The third-order valence-electron chi connectivity index (χ3n) is 3.37. The molecular weight excluding hydrogens is 266 g/mol. The Hall–Kier alpha value is -2.49. The lowest BCUT2D eigenvalue weighted by molar-refractivity contribution is 0.0595. The van der Waals surface area contributed by atoms with Gasteiger partial charge < -0.3 is 15.2 Å². The summed E-state index contributed by atoms with van der Waals surface area (Å²) in [5, 5.41) is 0. The molecule has 0 spiro atoms. The van der Waals surface area contributed by atoms with Gasteiger partial charge in [-0.3, -0.25) is 0 Å². The lowest BCUT2D eigenvalue weighted by Gasteiger charge is -2.12. The number of nitrogens with two attached hydrogens (primary N) is 1. The van der Waals surface area contributed by atoms with Gasteiger partial charge in [0.05, 0.1) is 7.11 Å². The van der Waals surface area contributed by atoms with E-state index in [4.69, 9.17) is 15.2 Å². The molecular formula is C17H19NO3. The van der Waals surface area contributed by atoms with Gasteiger partial charge in [0.15, 0.2) is 0 Å². The molecule has 0 fully saturated rings. The van der Waals surface area contributed by atoms with Crippen LogP contribution in [0.25, 0.3) is 0 Å². The van der Waals surface area contributed by atoms with Gasteiger partial charge in [0.1, 0.15) is 17.9 Å². The van der Waals surface area contributed by atoms with E-state index in [9.17, 15) is 4.79 Å². The van der Waals surface area contributed by atoms with E-state index in [1.54, 1.807) is 18.2 Å². The quantitative estimate of drug-likeness (QED) is 0.692. The number of benzene rings is 2. The van der Waals surface area contributed by atoms with Gasteiger partial charge in [-0.2, -0.15) is 0 Å². The number of anilines is 1. The molecule has 0 saturated heterocycles. The maximum Gasteiger partial charge on any atom is 0.341 e. The van der Waals surface area contributed by atoms with E-state index in [2.05, 4.69) is 26.0 Å². The molecule has 0 aromatic heterocycles. The summed E-state index contributed by atoms with van der Waals surface area (Å²) in [6, 6.07) is 11.1. The molecule has 0 atom stereocenters. The van der Waals surface area contributed by atoms with Gasteiger partial charge in [-0.1, -0.05) is 18.2 Å². The Bertz CT molecular complexity index is 665. The Kier molecular flexibility index (Phi) is 4.48.